The van der Waals surface area contributed by atoms with E-state index in [0.717, 1.165) is 17.9 Å². The highest BCUT2D eigenvalue weighted by molar-refractivity contribution is 4.88. The average molecular weight is 153 g/mol. The van der Waals surface area contributed by atoms with Crippen LogP contribution in [-0.4, -0.2) is 24.0 Å². The van der Waals surface area contributed by atoms with E-state index in [9.17, 15) is 0 Å². The van der Waals surface area contributed by atoms with Gasteiger partial charge in [-0.1, -0.05) is 0 Å². The van der Waals surface area contributed by atoms with E-state index in [4.69, 9.17) is 0 Å². The third-order valence-corrected chi connectivity index (χ3v) is 3.56. The van der Waals surface area contributed by atoms with E-state index in [1.807, 2.05) is 0 Å². The van der Waals surface area contributed by atoms with Gasteiger partial charge in [-0.25, -0.2) is 0 Å². The quantitative estimate of drug-likeness (QED) is 0.558. The van der Waals surface area contributed by atoms with Gasteiger partial charge >= 0.3 is 0 Å². The lowest BCUT2D eigenvalue weighted by Crippen LogP contribution is -2.47. The van der Waals surface area contributed by atoms with Crippen LogP contribution in [0.15, 0.2) is 0 Å². The molecule has 2 aliphatic rings. The Kier molecular flexibility index (Phi) is 1.92. The zero-order chi connectivity index (χ0) is 7.84. The van der Waals surface area contributed by atoms with E-state index >= 15 is 0 Å². The van der Waals surface area contributed by atoms with Gasteiger partial charge in [-0.15, -0.1) is 0 Å². The monoisotopic (exact) mass is 153 g/mol. The third-order valence-electron chi connectivity index (χ3n) is 3.56. The van der Waals surface area contributed by atoms with Crippen molar-refractivity contribution in [2.24, 2.45) is 11.8 Å². The summed E-state index contributed by atoms with van der Waals surface area (Å²) in [5, 5.41) is 0. The molecule has 0 aromatic rings. The first-order valence-corrected chi connectivity index (χ1v) is 5.01. The fraction of sp³-hybridized carbons (Fsp3) is 1.00. The predicted molar refractivity (Wildman–Crippen MR) is 47.5 cm³/mol. The van der Waals surface area contributed by atoms with Crippen molar-refractivity contribution in [3.8, 4) is 0 Å². The van der Waals surface area contributed by atoms with Gasteiger partial charge in [0.1, 0.15) is 0 Å². The van der Waals surface area contributed by atoms with Crippen molar-refractivity contribution in [1.29, 1.82) is 0 Å². The lowest BCUT2D eigenvalue weighted by atomic mass is 9.69. The van der Waals surface area contributed by atoms with Crippen molar-refractivity contribution in [2.75, 3.05) is 13.1 Å². The van der Waals surface area contributed by atoms with Crippen LogP contribution in [0.25, 0.3) is 0 Å². The van der Waals surface area contributed by atoms with Crippen LogP contribution in [0.1, 0.15) is 33.1 Å². The predicted octanol–water partition coefficient (Wildman–Crippen LogP) is 2.13. The molecule has 2 atom stereocenters. The molecule has 0 radical (unpaired) electrons. The molecule has 0 aromatic carbocycles. The summed E-state index contributed by atoms with van der Waals surface area (Å²) in [6, 6.07) is 0.775. The summed E-state index contributed by atoms with van der Waals surface area (Å²) in [4.78, 5) is 2.64. The molecule has 1 saturated carbocycles. The maximum atomic E-state index is 2.64. The maximum absolute atomic E-state index is 2.64. The number of fused-ring (bicyclic) bond motifs is 1. The summed E-state index contributed by atoms with van der Waals surface area (Å²) >= 11 is 0. The largest absolute Gasteiger partial charge is 0.301 e. The van der Waals surface area contributed by atoms with Crippen LogP contribution in [0.3, 0.4) is 0 Å². The van der Waals surface area contributed by atoms with Crippen LogP contribution < -0.4 is 0 Å². The summed E-state index contributed by atoms with van der Waals surface area (Å²) in [6.45, 7) is 7.39. The lowest BCUT2D eigenvalue weighted by Gasteiger charge is -2.46. The van der Waals surface area contributed by atoms with E-state index < -0.39 is 0 Å². The molecule has 2 unspecified atom stereocenters. The van der Waals surface area contributed by atoms with Crippen molar-refractivity contribution >= 4 is 0 Å². The number of piperidine rings is 1. The number of rotatable bonds is 1. The highest BCUT2D eigenvalue weighted by Crippen LogP contribution is 2.40. The molecule has 0 amide bonds. The topological polar surface area (TPSA) is 3.24 Å². The summed E-state index contributed by atoms with van der Waals surface area (Å²) in [7, 11) is 0. The van der Waals surface area contributed by atoms with Crippen molar-refractivity contribution in [3.05, 3.63) is 0 Å². The molecule has 64 valence electrons. The second-order valence-electron chi connectivity index (χ2n) is 4.47. The number of nitrogens with zero attached hydrogens (tertiary/aromatic N) is 1. The van der Waals surface area contributed by atoms with Gasteiger partial charge in [-0.3, -0.25) is 0 Å². The zero-order valence-corrected chi connectivity index (χ0v) is 7.71. The Morgan fingerprint density at radius 1 is 1.09 bits per heavy atom. The normalized spacial score (nSPS) is 38.5. The number of hydrogen-bond acceptors (Lipinski definition) is 1. The van der Waals surface area contributed by atoms with E-state index in [1.165, 1.54) is 32.4 Å². The standard InChI is InChI=1S/C10H19N/c1-8(2)11-6-5-9-3-4-10(9)7-11/h8-10H,3-7H2,1-2H3. The van der Waals surface area contributed by atoms with E-state index in [0.29, 0.717) is 0 Å². The first-order valence-electron chi connectivity index (χ1n) is 5.01. The second-order valence-corrected chi connectivity index (χ2v) is 4.47. The fourth-order valence-corrected chi connectivity index (χ4v) is 2.45. The molecule has 2 rings (SSSR count). The highest BCUT2D eigenvalue weighted by Gasteiger charge is 2.36. The molecule has 0 bridgehead atoms. The minimum absolute atomic E-state index is 0.775. The van der Waals surface area contributed by atoms with Gasteiger partial charge in [-0.2, -0.15) is 0 Å². The molecular formula is C10H19N. The minimum atomic E-state index is 0.775. The molecule has 1 saturated heterocycles. The smallest absolute Gasteiger partial charge is 0.00387 e. The Labute approximate surface area is 69.8 Å². The summed E-state index contributed by atoms with van der Waals surface area (Å²) in [5.41, 5.74) is 0. The molecular weight excluding hydrogens is 134 g/mol. The van der Waals surface area contributed by atoms with Gasteiger partial charge in [0.25, 0.3) is 0 Å². The summed E-state index contributed by atoms with van der Waals surface area (Å²) < 4.78 is 0. The first kappa shape index (κ1) is 7.60. The first-order chi connectivity index (χ1) is 5.27. The second kappa shape index (κ2) is 2.78. The molecule has 1 aliphatic carbocycles. The van der Waals surface area contributed by atoms with Crippen LogP contribution >= 0.6 is 0 Å². The van der Waals surface area contributed by atoms with E-state index in [1.54, 1.807) is 0 Å². The Hall–Kier alpha value is -0.0400. The number of hydrogen-bond donors (Lipinski definition) is 0. The minimum Gasteiger partial charge on any atom is -0.301 e. The Bertz CT molecular complexity index is 142. The van der Waals surface area contributed by atoms with Crippen LogP contribution in [-0.2, 0) is 0 Å². The van der Waals surface area contributed by atoms with Crippen molar-refractivity contribution in [1.82, 2.24) is 4.90 Å². The fourth-order valence-electron chi connectivity index (χ4n) is 2.45. The molecule has 1 heterocycles. The van der Waals surface area contributed by atoms with Gasteiger partial charge in [-0.05, 0) is 51.5 Å². The average Bonchev–Trinajstić information content (AvgIpc) is 1.91. The summed E-state index contributed by atoms with van der Waals surface area (Å²) in [6.07, 6.45) is 4.51. The lowest BCUT2D eigenvalue weighted by molar-refractivity contribution is 0.0306. The van der Waals surface area contributed by atoms with Crippen LogP contribution in [0.5, 0.6) is 0 Å². The van der Waals surface area contributed by atoms with Gasteiger partial charge in [0, 0.05) is 12.6 Å². The molecule has 1 heteroatoms. The molecule has 0 N–H and O–H groups in total. The van der Waals surface area contributed by atoms with Crippen molar-refractivity contribution < 1.29 is 0 Å². The maximum Gasteiger partial charge on any atom is 0.00387 e. The molecule has 0 aromatic heterocycles. The van der Waals surface area contributed by atoms with Gasteiger partial charge in [0.15, 0.2) is 0 Å². The molecule has 1 aliphatic heterocycles. The highest BCUT2D eigenvalue weighted by atomic mass is 15.2. The third kappa shape index (κ3) is 1.31. The van der Waals surface area contributed by atoms with Crippen molar-refractivity contribution in [3.63, 3.8) is 0 Å². The SMILES string of the molecule is CC(C)N1CCC2CCC2C1. The van der Waals surface area contributed by atoms with Gasteiger partial charge in [0.05, 0.1) is 0 Å². The molecule has 2 fully saturated rings. The van der Waals surface area contributed by atoms with Gasteiger partial charge < -0.3 is 4.90 Å². The molecule has 11 heavy (non-hydrogen) atoms. The van der Waals surface area contributed by atoms with E-state index in [2.05, 4.69) is 18.7 Å². The van der Waals surface area contributed by atoms with Crippen LogP contribution in [0.4, 0.5) is 0 Å². The van der Waals surface area contributed by atoms with Gasteiger partial charge in [0.2, 0.25) is 0 Å². The molecule has 0 spiro atoms. The Morgan fingerprint density at radius 3 is 2.27 bits per heavy atom. The zero-order valence-electron chi connectivity index (χ0n) is 7.71. The van der Waals surface area contributed by atoms with Crippen molar-refractivity contribution in [2.45, 2.75) is 39.2 Å². The Balaban J connectivity index is 1.88. The Morgan fingerprint density at radius 2 is 1.82 bits per heavy atom. The van der Waals surface area contributed by atoms with E-state index in [-0.39, 0.29) is 0 Å². The van der Waals surface area contributed by atoms with Crippen LogP contribution in [0.2, 0.25) is 0 Å². The number of likely N-dealkylation sites (tertiary alicyclic amines) is 1. The van der Waals surface area contributed by atoms with Crippen LogP contribution in [0, 0.1) is 11.8 Å². The molecule has 1 nitrogen and oxygen atoms in total. The summed E-state index contributed by atoms with van der Waals surface area (Å²) in [5.74, 6) is 2.19.